The fourth-order valence-electron chi connectivity index (χ4n) is 0.729. The molecule has 0 radical (unpaired) electrons. The molecule has 1 aromatic carbocycles. The van der Waals surface area contributed by atoms with Crippen molar-refractivity contribution in [2.24, 2.45) is 0 Å². The molecule has 0 heterocycles. The van der Waals surface area contributed by atoms with Crippen LogP contribution in [0.2, 0.25) is 10.0 Å². The van der Waals surface area contributed by atoms with Gasteiger partial charge in [0.1, 0.15) is 12.4 Å². The van der Waals surface area contributed by atoms with Crippen LogP contribution < -0.4 is 39.4 Å². The number of hydrogen-bond donors (Lipinski definition) is 1. The third kappa shape index (κ3) is 11.4. The van der Waals surface area contributed by atoms with Crippen LogP contribution in [0.1, 0.15) is 6.92 Å². The molecule has 0 aliphatic rings. The van der Waals surface area contributed by atoms with Gasteiger partial charge in [-0.25, -0.2) is 4.79 Å². The maximum Gasteiger partial charge on any atom is 1.00 e. The molecule has 1 rings (SSSR count). The summed E-state index contributed by atoms with van der Waals surface area (Å²) in [5.74, 6) is -2.25. The number of hydrogen-bond acceptors (Lipinski definition) is 4. The van der Waals surface area contributed by atoms with E-state index in [9.17, 15) is 14.7 Å². The molecule has 1 N–H and O–H groups in total. The Hall–Kier alpha value is 0.120. The predicted molar refractivity (Wildman–Crippen MR) is 74.7 cm³/mol. The van der Waals surface area contributed by atoms with Crippen molar-refractivity contribution < 1.29 is 54.1 Å². The molecule has 0 amide bonds. The normalized spacial score (nSPS) is 9.76. The van der Waals surface area contributed by atoms with Gasteiger partial charge in [-0.2, -0.15) is 0 Å². The largest absolute Gasteiger partial charge is 1.00 e. The van der Waals surface area contributed by atoms with Gasteiger partial charge in [0.15, 0.2) is 0 Å². The van der Waals surface area contributed by atoms with Crippen molar-refractivity contribution in [1.29, 1.82) is 0 Å². The molecule has 0 saturated carbocycles. The van der Waals surface area contributed by atoms with Gasteiger partial charge < -0.3 is 19.7 Å². The van der Waals surface area contributed by atoms with E-state index in [1.807, 2.05) is 0 Å². The van der Waals surface area contributed by atoms with E-state index >= 15 is 0 Å². The molecule has 0 bridgehead atoms. The number of ether oxygens (including phenoxy) is 1. The number of benzene rings is 1. The second kappa shape index (κ2) is 10.8. The first kappa shape index (κ1) is 23.4. The number of halogens is 4. The third-order valence-corrected chi connectivity index (χ3v) is 2.47. The molecule has 0 atom stereocenters. The number of carbonyl (C=O) groups excluding carboxylic acids is 1. The average Bonchev–Trinajstić information content (AvgIpc) is 2.27. The SMILES string of the molecule is CC(Cl)(Cl)C(=O)O.O=C([O-])COc1ccc(Cl)cc1Cl.[Na+]. The van der Waals surface area contributed by atoms with Gasteiger partial charge in [0, 0.05) is 5.02 Å². The van der Waals surface area contributed by atoms with E-state index in [2.05, 4.69) is 0 Å². The van der Waals surface area contributed by atoms with Crippen molar-refractivity contribution in [3.63, 3.8) is 0 Å². The van der Waals surface area contributed by atoms with E-state index in [4.69, 9.17) is 56.2 Å². The summed E-state index contributed by atoms with van der Waals surface area (Å²) in [6.45, 7) is 0.666. The van der Waals surface area contributed by atoms with Crippen molar-refractivity contribution in [2.45, 2.75) is 11.3 Å². The van der Waals surface area contributed by atoms with Gasteiger partial charge in [0.05, 0.1) is 11.0 Å². The number of aliphatic carboxylic acids is 2. The standard InChI is InChI=1S/C8H6Cl2O3.C3H4Cl2O2.Na/c9-5-1-2-7(6(10)3-5)13-4-8(11)12;1-3(4,5)2(6)7;/h1-3H,4H2,(H,11,12);1H3,(H,6,7);/q;;+1/p-1. The van der Waals surface area contributed by atoms with Gasteiger partial charge in [0.2, 0.25) is 4.33 Å². The van der Waals surface area contributed by atoms with Crippen molar-refractivity contribution in [2.75, 3.05) is 6.61 Å². The van der Waals surface area contributed by atoms with Crippen LogP contribution in [0.5, 0.6) is 5.75 Å². The van der Waals surface area contributed by atoms with Gasteiger partial charge in [-0.1, -0.05) is 46.4 Å². The molecule has 0 aromatic heterocycles. The molecule has 112 valence electrons. The Morgan fingerprint density at radius 1 is 1.33 bits per heavy atom. The van der Waals surface area contributed by atoms with Gasteiger partial charge in [-0.15, -0.1) is 0 Å². The maximum atomic E-state index is 10.0. The summed E-state index contributed by atoms with van der Waals surface area (Å²) < 4.78 is 3.16. The smallest absolute Gasteiger partial charge is 0.546 e. The second-order valence-corrected chi connectivity index (χ2v) is 5.98. The fraction of sp³-hybridized carbons (Fsp3) is 0.273. The van der Waals surface area contributed by atoms with Gasteiger partial charge in [0.25, 0.3) is 0 Å². The first-order valence-corrected chi connectivity index (χ1v) is 6.44. The molecule has 0 aliphatic heterocycles. The Bertz CT molecular complexity index is 490. The summed E-state index contributed by atoms with van der Waals surface area (Å²) in [5, 5.41) is 18.8. The Morgan fingerprint density at radius 2 is 1.81 bits per heavy atom. The zero-order valence-corrected chi connectivity index (χ0v) is 16.1. The number of carboxylic acid groups (broad SMARTS) is 2. The van der Waals surface area contributed by atoms with Crippen molar-refractivity contribution >= 4 is 58.3 Å². The molecule has 0 unspecified atom stereocenters. The molecule has 10 heteroatoms. The summed E-state index contributed by atoms with van der Waals surface area (Å²) in [6, 6.07) is 4.51. The molecule has 0 spiro atoms. The van der Waals surface area contributed by atoms with Crippen LogP contribution in [0.25, 0.3) is 0 Å². The minimum Gasteiger partial charge on any atom is -0.546 e. The zero-order valence-electron chi connectivity index (χ0n) is 11.0. The van der Waals surface area contributed by atoms with Crippen molar-refractivity contribution in [1.82, 2.24) is 0 Å². The first-order valence-electron chi connectivity index (χ1n) is 4.93. The van der Waals surface area contributed by atoms with E-state index < -0.39 is 22.9 Å². The van der Waals surface area contributed by atoms with Crippen LogP contribution in [-0.4, -0.2) is 28.0 Å². The first-order chi connectivity index (χ1) is 9.04. The van der Waals surface area contributed by atoms with Crippen LogP contribution in [0.3, 0.4) is 0 Å². The van der Waals surface area contributed by atoms with Gasteiger partial charge in [-0.3, -0.25) is 0 Å². The molecular formula is C11H9Cl4NaO5. The van der Waals surface area contributed by atoms with E-state index in [-0.39, 0.29) is 40.3 Å². The maximum absolute atomic E-state index is 10.0. The zero-order chi connectivity index (χ0) is 15.9. The number of alkyl halides is 2. The van der Waals surface area contributed by atoms with Crippen LogP contribution in [-0.2, 0) is 9.59 Å². The monoisotopic (exact) mass is 384 g/mol. The third-order valence-electron chi connectivity index (χ3n) is 1.61. The van der Waals surface area contributed by atoms with Crippen molar-refractivity contribution in [3.05, 3.63) is 28.2 Å². The Morgan fingerprint density at radius 3 is 2.14 bits per heavy atom. The van der Waals surface area contributed by atoms with E-state index in [1.165, 1.54) is 19.1 Å². The molecule has 21 heavy (non-hydrogen) atoms. The van der Waals surface area contributed by atoms with Crippen LogP contribution in [0.15, 0.2) is 18.2 Å². The fourth-order valence-corrected chi connectivity index (χ4v) is 1.19. The van der Waals surface area contributed by atoms with Crippen LogP contribution in [0.4, 0.5) is 0 Å². The number of rotatable bonds is 4. The Balaban J connectivity index is 0. The minimum atomic E-state index is -1.64. The summed E-state index contributed by atoms with van der Waals surface area (Å²) >= 11 is 21.4. The molecule has 0 fully saturated rings. The topological polar surface area (TPSA) is 86.7 Å². The van der Waals surface area contributed by atoms with Gasteiger partial charge >= 0.3 is 35.5 Å². The van der Waals surface area contributed by atoms with Crippen LogP contribution >= 0.6 is 46.4 Å². The minimum absolute atomic E-state index is 0. The van der Waals surface area contributed by atoms with E-state index in [0.717, 1.165) is 0 Å². The summed E-state index contributed by atoms with van der Waals surface area (Å²) in [4.78, 5) is 19.8. The molecule has 5 nitrogen and oxygen atoms in total. The van der Waals surface area contributed by atoms with Crippen LogP contribution in [0, 0.1) is 0 Å². The number of carboxylic acids is 2. The molecule has 0 aliphatic carbocycles. The summed E-state index contributed by atoms with van der Waals surface area (Å²) in [7, 11) is 0. The quantitative estimate of drug-likeness (QED) is 0.552. The summed E-state index contributed by atoms with van der Waals surface area (Å²) in [6.07, 6.45) is 0. The van der Waals surface area contributed by atoms with E-state index in [1.54, 1.807) is 6.07 Å². The number of carbonyl (C=O) groups is 2. The van der Waals surface area contributed by atoms with Gasteiger partial charge in [-0.05, 0) is 25.1 Å². The predicted octanol–water partition coefficient (Wildman–Crippen LogP) is -0.609. The average molecular weight is 386 g/mol. The van der Waals surface area contributed by atoms with Crippen molar-refractivity contribution in [3.8, 4) is 5.75 Å². The Kier molecular flexibility index (Phi) is 12.0. The Labute approximate surface area is 163 Å². The van der Waals surface area contributed by atoms with E-state index in [0.29, 0.717) is 5.02 Å². The molecule has 1 aromatic rings. The summed E-state index contributed by atoms with van der Waals surface area (Å²) in [5.41, 5.74) is 0. The molecule has 0 saturated heterocycles. The second-order valence-electron chi connectivity index (χ2n) is 3.43. The molecular weight excluding hydrogens is 377 g/mol.